The van der Waals surface area contributed by atoms with E-state index in [4.69, 9.17) is 61.7 Å². The van der Waals surface area contributed by atoms with Gasteiger partial charge in [-0.15, -0.1) is 0 Å². The lowest BCUT2D eigenvalue weighted by molar-refractivity contribution is -0.271. The summed E-state index contributed by atoms with van der Waals surface area (Å²) in [5.74, 6) is -4.61. The molecule has 4 rings (SSSR count). The number of nitrogens with one attached hydrogen (secondary N) is 2. The molecule has 30 heteroatoms. The van der Waals surface area contributed by atoms with Gasteiger partial charge in [-0.25, -0.2) is 4.79 Å². The lowest BCUT2D eigenvalue weighted by Gasteiger charge is -2.38. The lowest BCUT2D eigenvalue weighted by atomic mass is 9.99. The predicted molar refractivity (Wildman–Crippen MR) is 278 cm³/mol. The first-order valence-electron chi connectivity index (χ1n) is 26.1. The average molecular weight is 1170 g/mol. The van der Waals surface area contributed by atoms with E-state index in [1.165, 1.54) is 55.1 Å². The molecule has 460 valence electrons. The van der Waals surface area contributed by atoms with Crippen LogP contribution in [0.1, 0.15) is 59.5 Å². The molecule has 0 unspecified atom stereocenters. The molecule has 2 aliphatic heterocycles. The summed E-state index contributed by atoms with van der Waals surface area (Å²) in [5.41, 5.74) is 1.47. The minimum Gasteiger partial charge on any atom is -0.479 e. The van der Waals surface area contributed by atoms with Crippen LogP contribution in [0.3, 0.4) is 0 Å². The molecule has 9 N–H and O–H groups in total. The van der Waals surface area contributed by atoms with Gasteiger partial charge in [-0.1, -0.05) is 17.3 Å². The number of carbonyl (C=O) groups is 6. The summed E-state index contributed by atoms with van der Waals surface area (Å²) in [6, 6.07) is 8.47. The Morgan fingerprint density at radius 3 is 1.54 bits per heavy atom. The summed E-state index contributed by atoms with van der Waals surface area (Å²) in [6.45, 7) is 7.08. The van der Waals surface area contributed by atoms with E-state index in [2.05, 4.69) is 15.8 Å². The highest BCUT2D eigenvalue weighted by Gasteiger charge is 2.48. The van der Waals surface area contributed by atoms with E-state index in [1.807, 2.05) is 0 Å². The van der Waals surface area contributed by atoms with E-state index in [1.54, 1.807) is 13.8 Å². The molecule has 3 amide bonds. The number of rotatable bonds is 38. The number of amides is 3. The van der Waals surface area contributed by atoms with Gasteiger partial charge in [0.15, 0.2) is 6.10 Å². The molecule has 2 heterocycles. The largest absolute Gasteiger partial charge is 0.479 e. The molecule has 30 nitrogen and oxygen atoms in total. The fraction of sp³-hybridized carbons (Fsp3) is 0.635. The topological polar surface area (TPSA) is 404 Å². The maximum Gasteiger partial charge on any atom is 0.335 e. The predicted octanol–water partition coefficient (Wildman–Crippen LogP) is -2.60. The second-order valence-electron chi connectivity index (χ2n) is 18.3. The van der Waals surface area contributed by atoms with Crippen molar-refractivity contribution in [1.82, 2.24) is 15.5 Å². The smallest absolute Gasteiger partial charge is 0.335 e. The average Bonchev–Trinajstić information content (AvgIpc) is 3.60. The van der Waals surface area contributed by atoms with Crippen molar-refractivity contribution in [2.45, 2.75) is 96.2 Å². The summed E-state index contributed by atoms with van der Waals surface area (Å²) in [6.07, 6.45) is -15.5. The molecule has 0 aromatic heterocycles. The van der Waals surface area contributed by atoms with Crippen LogP contribution in [0, 0.1) is 0 Å². The number of aliphatic hydroxyl groups is 6. The third kappa shape index (κ3) is 24.3. The number of aliphatic carboxylic acids is 1. The molecule has 0 aliphatic carbocycles. The van der Waals surface area contributed by atoms with Crippen LogP contribution in [0.4, 0.5) is 0 Å². The second kappa shape index (κ2) is 37.1. The van der Waals surface area contributed by atoms with Crippen molar-refractivity contribution in [2.24, 2.45) is 5.16 Å². The van der Waals surface area contributed by atoms with E-state index in [0.29, 0.717) is 11.1 Å². The number of nitrogens with zero attached hydrogens (tertiary/aromatic N) is 2. The summed E-state index contributed by atoms with van der Waals surface area (Å²) in [4.78, 5) is 81.0. The number of benzene rings is 2. The van der Waals surface area contributed by atoms with Gasteiger partial charge in [0.25, 0.3) is 11.8 Å². The first-order chi connectivity index (χ1) is 39.3. The minimum atomic E-state index is -1.97. The number of hydrogen-bond donors (Lipinski definition) is 9. The third-order valence-corrected chi connectivity index (χ3v) is 11.6. The van der Waals surface area contributed by atoms with Crippen LogP contribution < -0.4 is 20.1 Å². The van der Waals surface area contributed by atoms with Gasteiger partial charge in [-0.3, -0.25) is 24.0 Å². The Hall–Kier alpha value is -6.23. The van der Waals surface area contributed by atoms with Crippen molar-refractivity contribution in [1.29, 1.82) is 0 Å². The van der Waals surface area contributed by atoms with Crippen molar-refractivity contribution >= 4 is 41.3 Å². The fourth-order valence-corrected chi connectivity index (χ4v) is 7.31. The summed E-state index contributed by atoms with van der Waals surface area (Å²) < 4.78 is 65.6. The zero-order chi connectivity index (χ0) is 60.0. The van der Waals surface area contributed by atoms with Crippen LogP contribution in [0.2, 0.25) is 0 Å². The first kappa shape index (κ1) is 68.3. The highest BCUT2D eigenvalue weighted by molar-refractivity contribution is 5.97. The van der Waals surface area contributed by atoms with E-state index in [0.717, 1.165) is 5.71 Å². The van der Waals surface area contributed by atoms with E-state index < -0.39 is 85.0 Å². The number of ether oxygens (including phenoxy) is 12. The van der Waals surface area contributed by atoms with E-state index in [-0.39, 0.29) is 160 Å². The molecule has 0 spiro atoms. The zero-order valence-corrected chi connectivity index (χ0v) is 46.1. The quantitative estimate of drug-likeness (QED) is 0.0144. The van der Waals surface area contributed by atoms with Crippen molar-refractivity contribution in [2.75, 3.05) is 119 Å². The van der Waals surface area contributed by atoms with Crippen LogP contribution in [0.25, 0.3) is 0 Å². The van der Waals surface area contributed by atoms with Crippen LogP contribution in [-0.2, 0) is 84.6 Å². The number of carboxylic acids is 1. The maximum atomic E-state index is 13.4. The van der Waals surface area contributed by atoms with Gasteiger partial charge in [0.2, 0.25) is 18.5 Å². The molecule has 0 radical (unpaired) electrons. The van der Waals surface area contributed by atoms with Crippen molar-refractivity contribution < 1.29 is 126 Å². The monoisotopic (exact) mass is 1170 g/mol. The molecule has 0 bridgehead atoms. The molecule has 2 aromatic carbocycles. The van der Waals surface area contributed by atoms with Gasteiger partial charge in [-0.05, 0) is 49.2 Å². The summed E-state index contributed by atoms with van der Waals surface area (Å²) in [7, 11) is 0. The molecule has 2 aliphatic rings. The minimum absolute atomic E-state index is 0.00522. The Labute approximate surface area is 472 Å². The SMILES string of the molecule is CC(=O)OCc1ccc(O[C@@H]2O[C@H](C(=O)O)[C@@H](O)[C@H](O)[C@H]2O)c(C(=O)NCCOCCOCCN(CCOCCOCCNC(=O)c2cc(COC(C)=O)ccc2O[C@@H]2OC[C@@H](O)[C@H](O)[C@H]2O)C(=O)COCCOCCON=C(C)C)c1. The molecular weight excluding hydrogens is 1100 g/mol. The van der Waals surface area contributed by atoms with Gasteiger partial charge < -0.3 is 113 Å². The lowest BCUT2D eigenvalue weighted by Crippen LogP contribution is -2.61. The third-order valence-electron chi connectivity index (χ3n) is 11.6. The summed E-state index contributed by atoms with van der Waals surface area (Å²) in [5, 5.41) is 79.7. The number of aliphatic hydroxyl groups excluding tert-OH is 6. The number of oxime groups is 1. The summed E-state index contributed by atoms with van der Waals surface area (Å²) >= 11 is 0. The molecule has 82 heavy (non-hydrogen) atoms. The van der Waals surface area contributed by atoms with Crippen LogP contribution >= 0.6 is 0 Å². The normalized spacial score (nSPS) is 21.4. The number of esters is 2. The number of carbonyl (C=O) groups excluding carboxylic acids is 5. The van der Waals surface area contributed by atoms with Crippen LogP contribution in [-0.4, -0.2) is 256 Å². The Kier molecular flexibility index (Phi) is 30.9. The van der Waals surface area contributed by atoms with Gasteiger partial charge in [0.1, 0.15) is 74.6 Å². The van der Waals surface area contributed by atoms with Gasteiger partial charge >= 0.3 is 17.9 Å². The van der Waals surface area contributed by atoms with E-state index in [9.17, 15) is 64.5 Å². The second-order valence-corrected chi connectivity index (χ2v) is 18.3. The number of hydrogen-bond acceptors (Lipinski definition) is 26. The number of carboxylic acid groups (broad SMARTS) is 1. The molecule has 9 atom stereocenters. The molecule has 0 saturated carbocycles. The van der Waals surface area contributed by atoms with Gasteiger partial charge in [0, 0.05) is 40.0 Å². The van der Waals surface area contributed by atoms with Gasteiger partial charge in [-0.2, -0.15) is 0 Å². The maximum absolute atomic E-state index is 13.4. The molecular formula is C52H76N4O26. The first-order valence-corrected chi connectivity index (χ1v) is 26.1. The Morgan fingerprint density at radius 1 is 0.573 bits per heavy atom. The Balaban J connectivity index is 1.20. The van der Waals surface area contributed by atoms with Gasteiger partial charge in [0.05, 0.1) is 96.1 Å². The highest BCUT2D eigenvalue weighted by Crippen LogP contribution is 2.29. The standard InChI is InChI=1S/C52H76N4O26/c1-31(2)55-79-24-23-74-21-22-75-30-41(60)56(11-15-72-19-17-70-13-9-53-48(66)36-25-34(27-76-32(3)57)5-7-39(36)80-51-45(64)42(61)38(59)29-78-51)12-16-73-20-18-71-14-10-54-49(67)37-26-35(28-77-33(4)58)6-8-40(37)81-52-46(65)43(62)44(63)47(82-52)50(68)69/h5-8,25-26,38,42-47,51-52,59,61-65H,9-24,27-30H2,1-4H3,(H,53,66)(H,54,67)(H,68,69)/t38-,42+,43+,44+,45-,46-,47+,51+,52-/m1/s1. The molecule has 2 fully saturated rings. The fourth-order valence-electron chi connectivity index (χ4n) is 7.31. The van der Waals surface area contributed by atoms with Crippen molar-refractivity contribution in [3.05, 3.63) is 58.7 Å². The molecule has 2 aromatic rings. The van der Waals surface area contributed by atoms with Crippen molar-refractivity contribution in [3.8, 4) is 11.5 Å². The highest BCUT2D eigenvalue weighted by atomic mass is 16.7. The Morgan fingerprint density at radius 2 is 1.04 bits per heavy atom. The zero-order valence-electron chi connectivity index (χ0n) is 46.1. The van der Waals surface area contributed by atoms with Crippen molar-refractivity contribution in [3.63, 3.8) is 0 Å². The van der Waals surface area contributed by atoms with Crippen LogP contribution in [0.15, 0.2) is 41.6 Å². The molecule has 2 saturated heterocycles. The van der Waals surface area contributed by atoms with Crippen LogP contribution in [0.5, 0.6) is 11.5 Å². The van der Waals surface area contributed by atoms with E-state index >= 15 is 0 Å². The Bertz CT molecular complexity index is 2340.